The average molecular weight is 301 g/mol. The number of nitrogens with zero attached hydrogens (tertiary/aromatic N) is 2. The third-order valence-corrected chi connectivity index (χ3v) is 4.36. The van der Waals surface area contributed by atoms with Crippen LogP contribution in [-0.2, 0) is 6.42 Å². The first-order chi connectivity index (χ1) is 9.47. The monoisotopic (exact) mass is 300 g/mol. The molecule has 2 unspecified atom stereocenters. The average Bonchev–Trinajstić information content (AvgIpc) is 2.54. The smallest absolute Gasteiger partial charge is 0.124 e. The van der Waals surface area contributed by atoms with E-state index in [2.05, 4.69) is 16.8 Å². The molecule has 2 rings (SSSR count). The van der Waals surface area contributed by atoms with Gasteiger partial charge in [0.05, 0.1) is 6.10 Å². The summed E-state index contributed by atoms with van der Waals surface area (Å²) >= 11 is 6.03. The molecule has 0 spiro atoms. The molecule has 1 heterocycles. The van der Waals surface area contributed by atoms with Gasteiger partial charge in [0, 0.05) is 24.0 Å². The summed E-state index contributed by atoms with van der Waals surface area (Å²) < 4.78 is 13.0. The summed E-state index contributed by atoms with van der Waals surface area (Å²) in [6, 6.07) is 4.41. The molecule has 112 valence electrons. The van der Waals surface area contributed by atoms with Gasteiger partial charge in [0.2, 0.25) is 0 Å². The Morgan fingerprint density at radius 2 is 2.15 bits per heavy atom. The van der Waals surface area contributed by atoms with Crippen LogP contribution in [0.5, 0.6) is 0 Å². The largest absolute Gasteiger partial charge is 0.391 e. The molecule has 1 aromatic carbocycles. The molecule has 1 N–H and O–H groups in total. The maximum atomic E-state index is 13.0. The molecule has 2 atom stereocenters. The lowest BCUT2D eigenvalue weighted by Gasteiger charge is -2.31. The molecule has 1 aromatic rings. The topological polar surface area (TPSA) is 26.7 Å². The van der Waals surface area contributed by atoms with Crippen molar-refractivity contribution in [2.24, 2.45) is 0 Å². The summed E-state index contributed by atoms with van der Waals surface area (Å²) in [6.07, 6.45) is 1.04. The molecule has 5 heteroatoms. The summed E-state index contributed by atoms with van der Waals surface area (Å²) in [7, 11) is 4.11. The van der Waals surface area contributed by atoms with Gasteiger partial charge in [0.25, 0.3) is 0 Å². The van der Waals surface area contributed by atoms with Gasteiger partial charge >= 0.3 is 0 Å². The van der Waals surface area contributed by atoms with Crippen molar-refractivity contribution < 1.29 is 9.50 Å². The number of rotatable bonds is 3. The van der Waals surface area contributed by atoms with E-state index < -0.39 is 6.10 Å². The van der Waals surface area contributed by atoms with E-state index in [1.807, 2.05) is 7.05 Å². The maximum Gasteiger partial charge on any atom is 0.124 e. The Morgan fingerprint density at radius 3 is 2.85 bits per heavy atom. The normalized spacial score (nSPS) is 23.6. The fourth-order valence-corrected chi connectivity index (χ4v) is 3.01. The number of halogens is 2. The lowest BCUT2D eigenvalue weighted by Crippen LogP contribution is -2.47. The van der Waals surface area contributed by atoms with Crippen molar-refractivity contribution >= 4 is 11.6 Å². The predicted octanol–water partition coefficient (Wildman–Crippen LogP) is 2.02. The highest BCUT2D eigenvalue weighted by Gasteiger charge is 2.27. The lowest BCUT2D eigenvalue weighted by molar-refractivity contribution is 0.0581. The number of likely N-dealkylation sites (N-methyl/N-ethyl adjacent to an activating group) is 2. The van der Waals surface area contributed by atoms with Crippen LogP contribution in [0, 0.1) is 5.82 Å². The van der Waals surface area contributed by atoms with Crippen LogP contribution < -0.4 is 0 Å². The first kappa shape index (κ1) is 15.7. The van der Waals surface area contributed by atoms with E-state index in [1.165, 1.54) is 12.1 Å². The van der Waals surface area contributed by atoms with Crippen LogP contribution in [0.4, 0.5) is 4.39 Å². The number of hydrogen-bond acceptors (Lipinski definition) is 3. The van der Waals surface area contributed by atoms with Crippen LogP contribution in [0.25, 0.3) is 0 Å². The number of aliphatic hydroxyl groups excluding tert-OH is 1. The second kappa shape index (κ2) is 6.85. The van der Waals surface area contributed by atoms with Crippen LogP contribution in [0.2, 0.25) is 5.02 Å². The van der Waals surface area contributed by atoms with E-state index in [0.29, 0.717) is 11.4 Å². The minimum absolute atomic E-state index is 0.0728. The third kappa shape index (κ3) is 3.92. The van der Waals surface area contributed by atoms with Crippen LogP contribution in [-0.4, -0.2) is 60.8 Å². The van der Waals surface area contributed by atoms with Crippen molar-refractivity contribution in [3.63, 3.8) is 0 Å². The maximum absolute atomic E-state index is 13.0. The van der Waals surface area contributed by atoms with Gasteiger partial charge in [0.15, 0.2) is 0 Å². The van der Waals surface area contributed by atoms with Crippen molar-refractivity contribution in [3.05, 3.63) is 34.6 Å². The molecular weight excluding hydrogens is 279 g/mol. The zero-order valence-electron chi connectivity index (χ0n) is 12.0. The Kier molecular flexibility index (Phi) is 5.38. The van der Waals surface area contributed by atoms with Gasteiger partial charge in [-0.3, -0.25) is 4.90 Å². The summed E-state index contributed by atoms with van der Waals surface area (Å²) in [4.78, 5) is 4.44. The Hall–Kier alpha value is -0.680. The molecule has 3 nitrogen and oxygen atoms in total. The minimum Gasteiger partial charge on any atom is -0.391 e. The molecular formula is C15H22ClFN2O. The van der Waals surface area contributed by atoms with Crippen molar-refractivity contribution in [3.8, 4) is 0 Å². The van der Waals surface area contributed by atoms with E-state index in [1.54, 1.807) is 6.07 Å². The highest BCUT2D eigenvalue weighted by Crippen LogP contribution is 2.21. The summed E-state index contributed by atoms with van der Waals surface area (Å²) in [6.45, 7) is 2.85. The Balaban J connectivity index is 2.07. The molecule has 1 saturated heterocycles. The fraction of sp³-hybridized carbons (Fsp3) is 0.600. The van der Waals surface area contributed by atoms with Crippen molar-refractivity contribution in [2.75, 3.05) is 33.7 Å². The number of hydrogen-bond donors (Lipinski definition) is 1. The molecule has 0 amide bonds. The molecule has 0 radical (unpaired) electrons. The Morgan fingerprint density at radius 1 is 1.40 bits per heavy atom. The van der Waals surface area contributed by atoms with Crippen LogP contribution in [0.15, 0.2) is 18.2 Å². The van der Waals surface area contributed by atoms with Crippen molar-refractivity contribution in [2.45, 2.75) is 25.0 Å². The standard InChI is InChI=1S/C15H22ClFN2O/c1-18-6-3-7-19(2)14(10-18)15(20)8-11-4-5-12(17)9-13(11)16/h4-5,9,14-15,20H,3,6-8,10H2,1-2H3. The minimum atomic E-state index is -0.511. The van der Waals surface area contributed by atoms with Gasteiger partial charge in [-0.2, -0.15) is 0 Å². The van der Waals surface area contributed by atoms with Gasteiger partial charge in [0.1, 0.15) is 5.82 Å². The second-order valence-corrected chi connectivity index (χ2v) is 6.08. The summed E-state index contributed by atoms with van der Waals surface area (Å²) in [5.74, 6) is -0.348. The summed E-state index contributed by atoms with van der Waals surface area (Å²) in [5.41, 5.74) is 0.792. The first-order valence-electron chi connectivity index (χ1n) is 6.98. The van der Waals surface area contributed by atoms with Gasteiger partial charge in [-0.25, -0.2) is 4.39 Å². The Labute approximate surface area is 124 Å². The predicted molar refractivity (Wildman–Crippen MR) is 79.7 cm³/mol. The fourth-order valence-electron chi connectivity index (χ4n) is 2.77. The first-order valence-corrected chi connectivity index (χ1v) is 7.36. The van der Waals surface area contributed by atoms with E-state index in [0.717, 1.165) is 31.6 Å². The van der Waals surface area contributed by atoms with Crippen LogP contribution in [0.1, 0.15) is 12.0 Å². The van der Waals surface area contributed by atoms with Crippen molar-refractivity contribution in [1.29, 1.82) is 0 Å². The van der Waals surface area contributed by atoms with Gasteiger partial charge < -0.3 is 10.0 Å². The van der Waals surface area contributed by atoms with Gasteiger partial charge in [-0.1, -0.05) is 17.7 Å². The van der Waals surface area contributed by atoms with Crippen LogP contribution >= 0.6 is 11.6 Å². The number of aliphatic hydroxyl groups is 1. The van der Waals surface area contributed by atoms with Crippen LogP contribution in [0.3, 0.4) is 0 Å². The molecule has 0 saturated carbocycles. The van der Waals surface area contributed by atoms with E-state index in [4.69, 9.17) is 11.6 Å². The van der Waals surface area contributed by atoms with Gasteiger partial charge in [-0.05, 0) is 51.3 Å². The molecule has 1 aliphatic heterocycles. The molecule has 0 bridgehead atoms. The lowest BCUT2D eigenvalue weighted by atomic mass is 10.0. The molecule has 20 heavy (non-hydrogen) atoms. The molecule has 0 aliphatic carbocycles. The Bertz CT molecular complexity index is 457. The molecule has 1 aliphatic rings. The molecule has 0 aromatic heterocycles. The zero-order valence-corrected chi connectivity index (χ0v) is 12.8. The highest BCUT2D eigenvalue weighted by atomic mass is 35.5. The van der Waals surface area contributed by atoms with E-state index >= 15 is 0 Å². The SMILES string of the molecule is CN1CCCN(C)C(C(O)Cc2ccc(F)cc2Cl)C1. The van der Waals surface area contributed by atoms with Gasteiger partial charge in [-0.15, -0.1) is 0 Å². The third-order valence-electron chi connectivity index (χ3n) is 4.00. The highest BCUT2D eigenvalue weighted by molar-refractivity contribution is 6.31. The van der Waals surface area contributed by atoms with Crippen molar-refractivity contribution in [1.82, 2.24) is 9.80 Å². The second-order valence-electron chi connectivity index (χ2n) is 5.67. The van der Waals surface area contributed by atoms with E-state index in [-0.39, 0.29) is 11.9 Å². The quantitative estimate of drug-likeness (QED) is 0.925. The molecule has 1 fully saturated rings. The number of benzene rings is 1. The zero-order chi connectivity index (χ0) is 14.7. The summed E-state index contributed by atoms with van der Waals surface area (Å²) in [5, 5.41) is 10.9. The van der Waals surface area contributed by atoms with E-state index in [9.17, 15) is 9.50 Å².